The fourth-order valence-electron chi connectivity index (χ4n) is 6.20. The SMILES string of the molecule is C1=c2c(n3c4ccccc4nc3n2-c2cccc(-n3c4ccccc4n4c5ccccc5nc34)c2)=CCC1. The van der Waals surface area contributed by atoms with Crippen LogP contribution in [0.2, 0.25) is 0 Å². The van der Waals surface area contributed by atoms with Gasteiger partial charge in [-0.15, -0.1) is 0 Å². The molecule has 0 saturated heterocycles. The third kappa shape index (κ3) is 2.51. The average Bonchev–Trinajstić information content (AvgIpc) is 3.69. The van der Waals surface area contributed by atoms with E-state index in [0.29, 0.717) is 0 Å². The molecule has 180 valence electrons. The molecule has 0 atom stereocenters. The number of nitrogens with zero attached hydrogens (tertiary/aromatic N) is 6. The van der Waals surface area contributed by atoms with E-state index in [2.05, 4.69) is 121 Å². The van der Waals surface area contributed by atoms with E-state index < -0.39 is 0 Å². The molecule has 1 aliphatic rings. The van der Waals surface area contributed by atoms with Gasteiger partial charge in [0.1, 0.15) is 0 Å². The van der Waals surface area contributed by atoms with Crippen molar-refractivity contribution >= 4 is 56.8 Å². The highest BCUT2D eigenvalue weighted by atomic mass is 15.2. The van der Waals surface area contributed by atoms with E-state index in [-0.39, 0.29) is 0 Å². The quantitative estimate of drug-likeness (QED) is 0.327. The van der Waals surface area contributed by atoms with Gasteiger partial charge in [-0.25, -0.2) is 9.97 Å². The predicted molar refractivity (Wildman–Crippen MR) is 153 cm³/mol. The number of para-hydroxylation sites is 6. The molecule has 4 heterocycles. The summed E-state index contributed by atoms with van der Waals surface area (Å²) in [7, 11) is 0. The summed E-state index contributed by atoms with van der Waals surface area (Å²) in [5.41, 5.74) is 8.69. The summed E-state index contributed by atoms with van der Waals surface area (Å²) in [6.07, 6.45) is 6.76. The molecule has 0 amide bonds. The Morgan fingerprint density at radius 3 is 1.76 bits per heavy atom. The van der Waals surface area contributed by atoms with Crippen molar-refractivity contribution < 1.29 is 0 Å². The van der Waals surface area contributed by atoms with Crippen molar-refractivity contribution in [1.29, 1.82) is 0 Å². The fraction of sp³-hybridized carbons (Fsp3) is 0.0625. The predicted octanol–water partition coefficient (Wildman–Crippen LogP) is 5.38. The first kappa shape index (κ1) is 20.0. The van der Waals surface area contributed by atoms with Gasteiger partial charge in [-0.2, -0.15) is 0 Å². The monoisotopic (exact) mass is 490 g/mol. The van der Waals surface area contributed by atoms with Crippen LogP contribution < -0.4 is 10.7 Å². The molecule has 0 unspecified atom stereocenters. The van der Waals surface area contributed by atoms with Crippen LogP contribution in [0.3, 0.4) is 0 Å². The minimum absolute atomic E-state index is 0.913. The normalized spacial score (nSPS) is 13.5. The lowest BCUT2D eigenvalue weighted by Crippen LogP contribution is -2.32. The Balaban J connectivity index is 1.37. The average molecular weight is 491 g/mol. The Hall–Kier alpha value is -5.10. The summed E-state index contributed by atoms with van der Waals surface area (Å²) >= 11 is 0. The van der Waals surface area contributed by atoms with Gasteiger partial charge < -0.3 is 0 Å². The molecule has 4 aromatic carbocycles. The first-order valence-electron chi connectivity index (χ1n) is 13.0. The summed E-state index contributed by atoms with van der Waals surface area (Å²) < 4.78 is 9.14. The number of hydrogen-bond donors (Lipinski definition) is 0. The maximum atomic E-state index is 5.08. The van der Waals surface area contributed by atoms with Gasteiger partial charge in [-0.1, -0.05) is 54.6 Å². The zero-order valence-corrected chi connectivity index (χ0v) is 20.5. The molecule has 0 fully saturated rings. The van der Waals surface area contributed by atoms with E-state index in [4.69, 9.17) is 9.97 Å². The van der Waals surface area contributed by atoms with Crippen molar-refractivity contribution in [3.8, 4) is 11.4 Å². The molecule has 6 heteroatoms. The number of imidazole rings is 4. The van der Waals surface area contributed by atoms with E-state index in [1.165, 1.54) is 10.7 Å². The van der Waals surface area contributed by atoms with Gasteiger partial charge in [0, 0.05) is 0 Å². The number of rotatable bonds is 2. The van der Waals surface area contributed by atoms with Gasteiger partial charge in [0.05, 0.1) is 55.2 Å². The second-order valence-electron chi connectivity index (χ2n) is 9.91. The second-order valence-corrected chi connectivity index (χ2v) is 9.91. The molecule has 0 aliphatic heterocycles. The van der Waals surface area contributed by atoms with Crippen LogP contribution in [-0.2, 0) is 0 Å². The van der Waals surface area contributed by atoms with Crippen LogP contribution in [0.5, 0.6) is 0 Å². The standard InChI is InChI=1S/C32H22N6/c1-3-14-25-23(12-1)33-31-35(27-16-5-7-18-29(27)37(25)31)21-10-9-11-22(20-21)36-28-17-6-8-19-30(28)38-26-15-4-2-13-24(26)34-32(36)38/h1-5,7,9-20H,6,8H2. The summed E-state index contributed by atoms with van der Waals surface area (Å²) in [5, 5.41) is 2.43. The minimum Gasteiger partial charge on any atom is -0.278 e. The summed E-state index contributed by atoms with van der Waals surface area (Å²) in [6, 6.07) is 34.0. The Bertz CT molecular complexity index is 2360. The Morgan fingerprint density at radius 2 is 1.03 bits per heavy atom. The van der Waals surface area contributed by atoms with Gasteiger partial charge in [-0.3, -0.25) is 17.9 Å². The van der Waals surface area contributed by atoms with Crippen LogP contribution >= 0.6 is 0 Å². The number of hydrogen-bond acceptors (Lipinski definition) is 2. The molecule has 38 heavy (non-hydrogen) atoms. The zero-order valence-electron chi connectivity index (χ0n) is 20.5. The van der Waals surface area contributed by atoms with Crippen LogP contribution in [-0.4, -0.2) is 27.9 Å². The molecule has 0 saturated carbocycles. The van der Waals surface area contributed by atoms with Gasteiger partial charge in [0.15, 0.2) is 0 Å². The number of aromatic nitrogens is 6. The van der Waals surface area contributed by atoms with Gasteiger partial charge >= 0.3 is 0 Å². The Morgan fingerprint density at radius 1 is 0.474 bits per heavy atom. The first-order valence-corrected chi connectivity index (χ1v) is 13.0. The van der Waals surface area contributed by atoms with Crippen LogP contribution in [0.25, 0.3) is 68.2 Å². The van der Waals surface area contributed by atoms with Gasteiger partial charge in [-0.05, 0) is 67.4 Å². The molecular formula is C32H22N6. The van der Waals surface area contributed by atoms with E-state index in [1.54, 1.807) is 0 Å². The third-order valence-electron chi connectivity index (χ3n) is 7.78. The molecule has 9 rings (SSSR count). The Kier molecular flexibility index (Phi) is 3.81. The summed E-state index contributed by atoms with van der Waals surface area (Å²) in [5.74, 6) is 1.85. The van der Waals surface area contributed by atoms with Gasteiger partial charge in [0.2, 0.25) is 11.6 Å². The highest BCUT2D eigenvalue weighted by molar-refractivity contribution is 5.92. The molecule has 1 aliphatic carbocycles. The third-order valence-corrected chi connectivity index (χ3v) is 7.78. The van der Waals surface area contributed by atoms with E-state index in [9.17, 15) is 0 Å². The zero-order chi connectivity index (χ0) is 24.8. The van der Waals surface area contributed by atoms with Crippen molar-refractivity contribution in [3.63, 3.8) is 0 Å². The molecule has 4 aromatic heterocycles. The largest absolute Gasteiger partial charge is 0.278 e. The maximum absolute atomic E-state index is 5.08. The van der Waals surface area contributed by atoms with E-state index in [1.807, 2.05) is 6.07 Å². The first-order chi connectivity index (χ1) is 18.9. The lowest BCUT2D eigenvalue weighted by Gasteiger charge is -2.10. The molecular weight excluding hydrogens is 468 g/mol. The fourth-order valence-corrected chi connectivity index (χ4v) is 6.20. The number of fused-ring (bicyclic) bond motifs is 10. The minimum atomic E-state index is 0.913. The smallest absolute Gasteiger partial charge is 0.220 e. The summed E-state index contributed by atoms with van der Waals surface area (Å²) in [6.45, 7) is 0. The molecule has 0 N–H and O–H groups in total. The highest BCUT2D eigenvalue weighted by Gasteiger charge is 2.19. The summed E-state index contributed by atoms with van der Waals surface area (Å²) in [4.78, 5) is 10.1. The highest BCUT2D eigenvalue weighted by Crippen LogP contribution is 2.30. The maximum Gasteiger partial charge on any atom is 0.220 e. The van der Waals surface area contributed by atoms with Crippen LogP contribution in [0.15, 0.2) is 97.1 Å². The topological polar surface area (TPSA) is 44.5 Å². The molecule has 6 nitrogen and oxygen atoms in total. The Labute approximate surface area is 216 Å². The van der Waals surface area contributed by atoms with Crippen molar-refractivity contribution in [1.82, 2.24) is 27.9 Å². The van der Waals surface area contributed by atoms with Crippen molar-refractivity contribution in [2.75, 3.05) is 0 Å². The van der Waals surface area contributed by atoms with E-state index in [0.717, 1.165) is 68.9 Å². The van der Waals surface area contributed by atoms with E-state index >= 15 is 0 Å². The molecule has 0 bridgehead atoms. The lowest BCUT2D eigenvalue weighted by atomic mass is 10.2. The van der Waals surface area contributed by atoms with Crippen LogP contribution in [0.4, 0.5) is 0 Å². The van der Waals surface area contributed by atoms with Crippen molar-refractivity contribution in [2.45, 2.75) is 12.8 Å². The van der Waals surface area contributed by atoms with Crippen LogP contribution in [0.1, 0.15) is 12.8 Å². The second kappa shape index (κ2) is 7.23. The molecule has 0 spiro atoms. The van der Waals surface area contributed by atoms with Crippen molar-refractivity contribution in [3.05, 3.63) is 108 Å². The lowest BCUT2D eigenvalue weighted by molar-refractivity contribution is 1.01. The van der Waals surface area contributed by atoms with Crippen LogP contribution in [0, 0.1) is 0 Å². The van der Waals surface area contributed by atoms with Crippen molar-refractivity contribution in [2.24, 2.45) is 0 Å². The molecule has 0 radical (unpaired) electrons. The molecule has 8 aromatic rings. The number of benzene rings is 4. The van der Waals surface area contributed by atoms with Gasteiger partial charge in [0.25, 0.3) is 0 Å².